The van der Waals surface area contributed by atoms with E-state index in [1.54, 1.807) is 0 Å². The number of amides is 1. The van der Waals surface area contributed by atoms with Crippen LogP contribution in [0.15, 0.2) is 0 Å². The van der Waals surface area contributed by atoms with E-state index in [1.165, 1.54) is 12.8 Å². The van der Waals surface area contributed by atoms with E-state index in [9.17, 15) is 4.79 Å². The van der Waals surface area contributed by atoms with Crippen LogP contribution in [0.1, 0.15) is 33.6 Å². The van der Waals surface area contributed by atoms with Gasteiger partial charge in [0.05, 0.1) is 0 Å². The Hall–Kier alpha value is -0.570. The molecular weight excluding hydrogens is 176 g/mol. The summed E-state index contributed by atoms with van der Waals surface area (Å²) < 4.78 is 0. The molecule has 1 atom stereocenters. The van der Waals surface area contributed by atoms with Crippen LogP contribution in [0.5, 0.6) is 0 Å². The van der Waals surface area contributed by atoms with Crippen molar-refractivity contribution in [1.82, 2.24) is 4.90 Å². The van der Waals surface area contributed by atoms with Crippen LogP contribution in [0.3, 0.4) is 0 Å². The summed E-state index contributed by atoms with van der Waals surface area (Å²) in [6.45, 7) is 7.39. The predicted octanol–water partition coefficient (Wildman–Crippen LogP) is 1.23. The maximum absolute atomic E-state index is 12.0. The first-order valence-corrected chi connectivity index (χ1v) is 5.58. The molecule has 0 aromatic carbocycles. The fraction of sp³-hybridized carbons (Fsp3) is 0.909. The van der Waals surface area contributed by atoms with Crippen LogP contribution in [0.4, 0.5) is 0 Å². The van der Waals surface area contributed by atoms with E-state index in [-0.39, 0.29) is 17.9 Å². The van der Waals surface area contributed by atoms with Crippen LogP contribution in [0, 0.1) is 11.8 Å². The summed E-state index contributed by atoms with van der Waals surface area (Å²) in [4.78, 5) is 13.9. The Morgan fingerprint density at radius 3 is 2.36 bits per heavy atom. The van der Waals surface area contributed by atoms with Crippen LogP contribution >= 0.6 is 0 Å². The lowest BCUT2D eigenvalue weighted by atomic mass is 10.0. The molecule has 0 spiro atoms. The van der Waals surface area contributed by atoms with Gasteiger partial charge in [0.15, 0.2) is 0 Å². The summed E-state index contributed by atoms with van der Waals surface area (Å²) in [5, 5.41) is 0. The maximum atomic E-state index is 12.0. The Balaban J connectivity index is 2.52. The van der Waals surface area contributed by atoms with Gasteiger partial charge in [-0.1, -0.05) is 6.92 Å². The smallest absolute Gasteiger partial charge is 0.225 e. The van der Waals surface area contributed by atoms with Gasteiger partial charge in [-0.25, -0.2) is 0 Å². The SMILES string of the molecule is CC(C(=O)N(CCN)C(C)C)C1CC1. The van der Waals surface area contributed by atoms with Crippen molar-refractivity contribution in [2.24, 2.45) is 17.6 Å². The Morgan fingerprint density at radius 2 is 2.00 bits per heavy atom. The second kappa shape index (κ2) is 4.78. The second-order valence-corrected chi connectivity index (χ2v) is 4.54. The van der Waals surface area contributed by atoms with Gasteiger partial charge in [-0.05, 0) is 32.6 Å². The van der Waals surface area contributed by atoms with Crippen molar-refractivity contribution >= 4 is 5.91 Å². The lowest BCUT2D eigenvalue weighted by molar-refractivity contribution is -0.137. The van der Waals surface area contributed by atoms with Crippen LogP contribution in [0.25, 0.3) is 0 Å². The normalized spacial score (nSPS) is 18.4. The number of carbonyl (C=O) groups excluding carboxylic acids is 1. The standard InChI is InChI=1S/C11H22N2O/c1-8(2)13(7-6-12)11(14)9(3)10-4-5-10/h8-10H,4-7,12H2,1-3H3. The fourth-order valence-electron chi connectivity index (χ4n) is 1.82. The van der Waals surface area contributed by atoms with E-state index in [1.807, 2.05) is 25.7 Å². The first-order chi connectivity index (χ1) is 6.57. The van der Waals surface area contributed by atoms with Crippen molar-refractivity contribution in [2.45, 2.75) is 39.7 Å². The summed E-state index contributed by atoms with van der Waals surface area (Å²) in [5.74, 6) is 1.12. The Bertz CT molecular complexity index is 199. The van der Waals surface area contributed by atoms with E-state index < -0.39 is 0 Å². The second-order valence-electron chi connectivity index (χ2n) is 4.54. The average Bonchev–Trinajstić information content (AvgIpc) is 2.94. The van der Waals surface area contributed by atoms with E-state index in [2.05, 4.69) is 0 Å². The number of carbonyl (C=O) groups is 1. The zero-order chi connectivity index (χ0) is 10.7. The molecule has 1 saturated carbocycles. The molecule has 3 nitrogen and oxygen atoms in total. The van der Waals surface area contributed by atoms with Gasteiger partial charge in [-0.2, -0.15) is 0 Å². The van der Waals surface area contributed by atoms with Crippen molar-refractivity contribution < 1.29 is 4.79 Å². The molecule has 0 aromatic rings. The van der Waals surface area contributed by atoms with Crippen LogP contribution in [0.2, 0.25) is 0 Å². The van der Waals surface area contributed by atoms with Gasteiger partial charge in [0.25, 0.3) is 0 Å². The highest BCUT2D eigenvalue weighted by atomic mass is 16.2. The van der Waals surface area contributed by atoms with E-state index >= 15 is 0 Å². The molecule has 1 unspecified atom stereocenters. The van der Waals surface area contributed by atoms with Gasteiger partial charge in [-0.15, -0.1) is 0 Å². The molecule has 1 amide bonds. The first kappa shape index (κ1) is 11.5. The zero-order valence-corrected chi connectivity index (χ0v) is 9.49. The van der Waals surface area contributed by atoms with Gasteiger partial charge in [0.1, 0.15) is 0 Å². The largest absolute Gasteiger partial charge is 0.339 e. The third-order valence-electron chi connectivity index (χ3n) is 3.00. The number of nitrogens with zero attached hydrogens (tertiary/aromatic N) is 1. The Morgan fingerprint density at radius 1 is 1.43 bits per heavy atom. The quantitative estimate of drug-likeness (QED) is 0.722. The van der Waals surface area contributed by atoms with Gasteiger partial charge >= 0.3 is 0 Å². The number of hydrogen-bond acceptors (Lipinski definition) is 2. The Labute approximate surface area is 86.6 Å². The molecule has 0 aliphatic heterocycles. The molecule has 2 N–H and O–H groups in total. The molecule has 1 aliphatic carbocycles. The van der Waals surface area contributed by atoms with Crippen molar-refractivity contribution in [3.63, 3.8) is 0 Å². The molecule has 14 heavy (non-hydrogen) atoms. The maximum Gasteiger partial charge on any atom is 0.225 e. The molecule has 0 bridgehead atoms. The number of nitrogens with two attached hydrogens (primary N) is 1. The van der Waals surface area contributed by atoms with Crippen molar-refractivity contribution in [3.05, 3.63) is 0 Å². The topological polar surface area (TPSA) is 46.3 Å². The van der Waals surface area contributed by atoms with Crippen molar-refractivity contribution in [3.8, 4) is 0 Å². The van der Waals surface area contributed by atoms with Crippen LogP contribution in [-0.4, -0.2) is 29.9 Å². The summed E-state index contributed by atoms with van der Waals surface area (Å²) in [6, 6.07) is 0.271. The minimum absolute atomic E-state index is 0.198. The van der Waals surface area contributed by atoms with E-state index in [4.69, 9.17) is 5.73 Å². The highest BCUT2D eigenvalue weighted by molar-refractivity contribution is 5.79. The molecule has 1 aliphatic rings. The third-order valence-corrected chi connectivity index (χ3v) is 3.00. The predicted molar refractivity (Wildman–Crippen MR) is 57.8 cm³/mol. The molecule has 1 fully saturated rings. The minimum atomic E-state index is 0.198. The van der Waals surface area contributed by atoms with E-state index in [0.717, 1.165) is 0 Å². The van der Waals surface area contributed by atoms with Crippen molar-refractivity contribution in [1.29, 1.82) is 0 Å². The molecule has 1 rings (SSSR count). The van der Waals surface area contributed by atoms with Gasteiger partial charge < -0.3 is 10.6 Å². The molecule has 0 heterocycles. The Kier molecular flexibility index (Phi) is 3.93. The van der Waals surface area contributed by atoms with Gasteiger partial charge in [0, 0.05) is 25.0 Å². The lowest BCUT2D eigenvalue weighted by Gasteiger charge is -2.29. The van der Waals surface area contributed by atoms with Crippen LogP contribution in [-0.2, 0) is 4.79 Å². The molecule has 82 valence electrons. The number of rotatable bonds is 5. The molecule has 0 radical (unpaired) electrons. The third kappa shape index (κ3) is 2.71. The zero-order valence-electron chi connectivity index (χ0n) is 9.49. The van der Waals surface area contributed by atoms with Crippen LogP contribution < -0.4 is 5.73 Å². The summed E-state index contributed by atoms with van der Waals surface area (Å²) in [5.41, 5.74) is 5.50. The minimum Gasteiger partial charge on any atom is -0.339 e. The molecule has 0 saturated heterocycles. The van der Waals surface area contributed by atoms with Crippen molar-refractivity contribution in [2.75, 3.05) is 13.1 Å². The first-order valence-electron chi connectivity index (χ1n) is 5.58. The molecular formula is C11H22N2O. The molecule has 3 heteroatoms. The number of hydrogen-bond donors (Lipinski definition) is 1. The highest BCUT2D eigenvalue weighted by Crippen LogP contribution is 2.37. The van der Waals surface area contributed by atoms with E-state index in [0.29, 0.717) is 19.0 Å². The fourth-order valence-corrected chi connectivity index (χ4v) is 1.82. The lowest BCUT2D eigenvalue weighted by Crippen LogP contribution is -2.43. The summed E-state index contributed by atoms with van der Waals surface area (Å²) in [7, 11) is 0. The highest BCUT2D eigenvalue weighted by Gasteiger charge is 2.35. The monoisotopic (exact) mass is 198 g/mol. The van der Waals surface area contributed by atoms with Gasteiger partial charge in [-0.3, -0.25) is 4.79 Å². The summed E-state index contributed by atoms with van der Waals surface area (Å²) >= 11 is 0. The van der Waals surface area contributed by atoms with Gasteiger partial charge in [0.2, 0.25) is 5.91 Å². The summed E-state index contributed by atoms with van der Waals surface area (Å²) in [6.07, 6.45) is 2.45. The molecule has 0 aromatic heterocycles. The average molecular weight is 198 g/mol.